The van der Waals surface area contributed by atoms with Crippen molar-refractivity contribution in [2.45, 2.75) is 23.2 Å². The summed E-state index contributed by atoms with van der Waals surface area (Å²) in [6.07, 6.45) is 3.65. The Hall–Kier alpha value is -1.55. The van der Waals surface area contributed by atoms with Gasteiger partial charge >= 0.3 is 5.76 Å². The van der Waals surface area contributed by atoms with Crippen LogP contribution < -0.4 is 5.32 Å². The lowest BCUT2D eigenvalue weighted by atomic mass is 10.1. The summed E-state index contributed by atoms with van der Waals surface area (Å²) >= 11 is 0. The van der Waals surface area contributed by atoms with Crippen molar-refractivity contribution in [3.8, 4) is 0 Å². The zero-order chi connectivity index (χ0) is 18.0. The minimum atomic E-state index is -4.55. The number of hydrogen-bond acceptors (Lipinski definition) is 5. The Bertz CT molecular complexity index is 827. The Morgan fingerprint density at radius 1 is 1.31 bits per heavy atom. The molecule has 3 rings (SSSR count). The normalized spacial score (nSPS) is 18.7. The molecule has 1 atom stereocenters. The number of halogens is 3. The summed E-state index contributed by atoms with van der Waals surface area (Å²) in [7, 11) is -2.61. The number of sulfone groups is 1. The first-order chi connectivity index (χ1) is 11.9. The second-order valence-electron chi connectivity index (χ2n) is 6.04. The number of benzene rings is 1. The average molecular weight is 407 g/mol. The zero-order valence-electron chi connectivity index (χ0n) is 14.2. The van der Waals surface area contributed by atoms with Gasteiger partial charge in [-0.25, -0.2) is 13.4 Å². The molecule has 0 bridgehead atoms. The van der Waals surface area contributed by atoms with Gasteiger partial charge < -0.3 is 9.88 Å². The van der Waals surface area contributed by atoms with Crippen LogP contribution in [0.2, 0.25) is 0 Å². The van der Waals surface area contributed by atoms with E-state index in [1.165, 1.54) is 12.1 Å². The Morgan fingerprint density at radius 2 is 2.00 bits per heavy atom. The Kier molecular flexibility index (Phi) is 6.73. The van der Waals surface area contributed by atoms with Gasteiger partial charge in [-0.2, -0.15) is 8.78 Å². The van der Waals surface area contributed by atoms with Crippen LogP contribution in [-0.4, -0.2) is 48.3 Å². The molecule has 1 aliphatic heterocycles. The van der Waals surface area contributed by atoms with Gasteiger partial charge in [-0.15, -0.1) is 12.4 Å². The predicted octanol–water partition coefficient (Wildman–Crippen LogP) is 1.98. The molecule has 0 aliphatic carbocycles. The number of nitrogens with zero attached hydrogens (tertiary/aromatic N) is 3. The number of hydrogen-bond donors (Lipinski definition) is 1. The maximum absolute atomic E-state index is 12.6. The molecule has 1 fully saturated rings. The third kappa shape index (κ3) is 4.22. The van der Waals surface area contributed by atoms with Crippen LogP contribution in [-0.2, 0) is 23.4 Å². The van der Waals surface area contributed by atoms with Gasteiger partial charge in [-0.1, -0.05) is 12.1 Å². The van der Waals surface area contributed by atoms with E-state index in [2.05, 4.69) is 15.2 Å². The number of nitrogens with one attached hydrogen (secondary N) is 1. The highest BCUT2D eigenvalue weighted by Crippen LogP contribution is 2.24. The van der Waals surface area contributed by atoms with Gasteiger partial charge in [-0.05, 0) is 17.7 Å². The maximum atomic E-state index is 12.6. The number of imidazole rings is 1. The molecule has 1 N–H and O–H groups in total. The molecule has 26 heavy (non-hydrogen) atoms. The molecule has 2 aromatic rings. The van der Waals surface area contributed by atoms with Gasteiger partial charge in [0.2, 0.25) is 9.84 Å². The third-order valence-electron chi connectivity index (χ3n) is 4.38. The Morgan fingerprint density at radius 3 is 2.58 bits per heavy atom. The highest BCUT2D eigenvalue weighted by Gasteiger charge is 2.28. The van der Waals surface area contributed by atoms with Crippen molar-refractivity contribution in [1.82, 2.24) is 19.8 Å². The van der Waals surface area contributed by atoms with Crippen LogP contribution in [0.5, 0.6) is 0 Å². The molecule has 10 heteroatoms. The quantitative estimate of drug-likeness (QED) is 0.822. The second kappa shape index (κ2) is 8.43. The Balaban J connectivity index is 0.00000243. The molecule has 1 aromatic carbocycles. The van der Waals surface area contributed by atoms with Gasteiger partial charge in [0.05, 0.1) is 10.9 Å². The first-order valence-electron chi connectivity index (χ1n) is 7.92. The predicted molar refractivity (Wildman–Crippen MR) is 96.1 cm³/mol. The fourth-order valence-corrected chi connectivity index (χ4v) is 3.73. The van der Waals surface area contributed by atoms with Crippen molar-refractivity contribution in [3.63, 3.8) is 0 Å². The van der Waals surface area contributed by atoms with E-state index in [9.17, 15) is 17.2 Å². The smallest absolute Gasteiger partial charge is 0.337 e. The summed E-state index contributed by atoms with van der Waals surface area (Å²) < 4.78 is 50.2. The van der Waals surface area contributed by atoms with E-state index < -0.39 is 15.6 Å². The summed E-state index contributed by atoms with van der Waals surface area (Å²) in [6, 6.07) is 5.77. The molecule has 1 unspecified atom stereocenters. The largest absolute Gasteiger partial charge is 0.341 e. The monoisotopic (exact) mass is 406 g/mol. The lowest BCUT2D eigenvalue weighted by Gasteiger charge is -2.35. The lowest BCUT2D eigenvalue weighted by Crippen LogP contribution is -2.46. The van der Waals surface area contributed by atoms with Crippen molar-refractivity contribution >= 4 is 22.2 Å². The van der Waals surface area contributed by atoms with Gasteiger partial charge in [0.15, 0.2) is 0 Å². The number of alkyl halides is 2. The van der Waals surface area contributed by atoms with Gasteiger partial charge in [0.25, 0.3) is 0 Å². The number of rotatable bonds is 5. The first-order valence-corrected chi connectivity index (χ1v) is 9.47. The van der Waals surface area contributed by atoms with Gasteiger partial charge in [0, 0.05) is 45.6 Å². The molecular weight excluding hydrogens is 386 g/mol. The van der Waals surface area contributed by atoms with E-state index in [-0.39, 0.29) is 23.3 Å². The first kappa shape index (κ1) is 20.8. The zero-order valence-corrected chi connectivity index (χ0v) is 15.8. The molecule has 1 aliphatic rings. The van der Waals surface area contributed by atoms with Crippen LogP contribution in [0.4, 0.5) is 8.78 Å². The van der Waals surface area contributed by atoms with Crippen molar-refractivity contribution in [3.05, 3.63) is 48.0 Å². The maximum Gasteiger partial charge on any atom is 0.341 e. The van der Waals surface area contributed by atoms with E-state index in [0.717, 1.165) is 31.0 Å². The van der Waals surface area contributed by atoms with E-state index in [4.69, 9.17) is 0 Å². The lowest BCUT2D eigenvalue weighted by molar-refractivity contribution is 0.144. The van der Waals surface area contributed by atoms with E-state index >= 15 is 0 Å². The van der Waals surface area contributed by atoms with E-state index in [1.54, 1.807) is 18.3 Å². The Labute approximate surface area is 157 Å². The van der Waals surface area contributed by atoms with Crippen LogP contribution in [0.1, 0.15) is 17.4 Å². The van der Waals surface area contributed by atoms with Crippen LogP contribution in [0, 0.1) is 0 Å². The van der Waals surface area contributed by atoms with Crippen molar-refractivity contribution < 1.29 is 17.2 Å². The summed E-state index contributed by atoms with van der Waals surface area (Å²) in [4.78, 5) is 6.31. The van der Waals surface area contributed by atoms with Crippen LogP contribution in [0.15, 0.2) is 41.6 Å². The summed E-state index contributed by atoms with van der Waals surface area (Å²) in [5.41, 5.74) is 0.870. The molecule has 6 nitrogen and oxygen atoms in total. The molecule has 0 saturated carbocycles. The summed E-state index contributed by atoms with van der Waals surface area (Å²) in [6.45, 7) is 3.02. The van der Waals surface area contributed by atoms with Crippen LogP contribution >= 0.6 is 12.4 Å². The van der Waals surface area contributed by atoms with E-state index in [1.807, 2.05) is 17.8 Å². The highest BCUT2D eigenvalue weighted by molar-refractivity contribution is 7.91. The average Bonchev–Trinajstić information content (AvgIpc) is 3.01. The minimum absolute atomic E-state index is 0. The van der Waals surface area contributed by atoms with Crippen LogP contribution in [0.25, 0.3) is 0 Å². The van der Waals surface area contributed by atoms with E-state index in [0.29, 0.717) is 6.54 Å². The molecule has 144 valence electrons. The van der Waals surface area contributed by atoms with Gasteiger partial charge in [-0.3, -0.25) is 4.90 Å². The number of aryl methyl sites for hydroxylation is 1. The number of aromatic nitrogens is 2. The molecule has 0 spiro atoms. The van der Waals surface area contributed by atoms with Crippen LogP contribution in [0.3, 0.4) is 0 Å². The molecule has 0 amide bonds. The molecule has 2 heterocycles. The fourth-order valence-electron chi connectivity index (χ4n) is 3.01. The second-order valence-corrected chi connectivity index (χ2v) is 7.95. The summed E-state index contributed by atoms with van der Waals surface area (Å²) in [5.74, 6) is -2.46. The van der Waals surface area contributed by atoms with Gasteiger partial charge in [0.1, 0.15) is 5.82 Å². The molecule has 0 radical (unpaired) electrons. The molecular formula is C16H21ClF2N4O2S. The fraction of sp³-hybridized carbons (Fsp3) is 0.438. The number of piperazine rings is 1. The SMILES string of the molecule is Cl.Cn1ccnc1C1CNCCN1Cc1ccc(S(=O)(=O)C(F)F)cc1. The summed E-state index contributed by atoms with van der Waals surface area (Å²) in [5, 5.41) is 3.35. The van der Waals surface area contributed by atoms with Crippen molar-refractivity contribution in [2.75, 3.05) is 19.6 Å². The molecule has 1 saturated heterocycles. The molecule has 1 aromatic heterocycles. The minimum Gasteiger partial charge on any atom is -0.337 e. The topological polar surface area (TPSA) is 67.2 Å². The van der Waals surface area contributed by atoms with Crippen molar-refractivity contribution in [1.29, 1.82) is 0 Å². The van der Waals surface area contributed by atoms with Crippen molar-refractivity contribution in [2.24, 2.45) is 7.05 Å². The standard InChI is InChI=1S/C16H20F2N4O2S.ClH/c1-21-8-7-20-15(21)14-10-19-6-9-22(14)11-12-2-4-13(5-3-12)25(23,24)16(17)18;/h2-5,7-8,14,16,19H,6,9-11H2,1H3;1H. The third-order valence-corrected chi connectivity index (χ3v) is 5.78. The highest BCUT2D eigenvalue weighted by atomic mass is 35.5.